The summed E-state index contributed by atoms with van der Waals surface area (Å²) in [5, 5.41) is 0.747. The fraction of sp³-hybridized carbons (Fsp3) is 0.207. The van der Waals surface area contributed by atoms with Gasteiger partial charge in [0, 0.05) is 10.6 Å². The van der Waals surface area contributed by atoms with E-state index in [0.717, 1.165) is 5.56 Å². The molecule has 1 saturated heterocycles. The Labute approximate surface area is 251 Å². The molecule has 1 fully saturated rings. The van der Waals surface area contributed by atoms with Crippen LogP contribution in [0.15, 0.2) is 70.8 Å². The number of benzene rings is 3. The third kappa shape index (κ3) is 6.41. The molecule has 3 aromatic rings. The van der Waals surface area contributed by atoms with Crippen LogP contribution >= 0.6 is 39.7 Å². The van der Waals surface area contributed by atoms with E-state index in [1.807, 2.05) is 25.1 Å². The molecule has 4 rings (SSSR count). The van der Waals surface area contributed by atoms with Crippen molar-refractivity contribution in [3.8, 4) is 17.2 Å². The lowest BCUT2D eigenvalue weighted by atomic mass is 10.1. The van der Waals surface area contributed by atoms with Gasteiger partial charge in [0.1, 0.15) is 24.6 Å². The highest BCUT2D eigenvalue weighted by Crippen LogP contribution is 2.39. The molecule has 0 N–H and O–H groups in total. The third-order valence-electron chi connectivity index (χ3n) is 5.95. The number of ether oxygens (including phenoxy) is 4. The van der Waals surface area contributed by atoms with Crippen molar-refractivity contribution >= 4 is 68.5 Å². The summed E-state index contributed by atoms with van der Waals surface area (Å²) >= 11 is 15.5. The minimum atomic E-state index is -0.544. The summed E-state index contributed by atoms with van der Waals surface area (Å²) in [4.78, 5) is 28.7. The molecule has 8 nitrogen and oxygen atoms in total. The smallest absolute Gasteiger partial charge is 0.325 e. The van der Waals surface area contributed by atoms with E-state index in [9.17, 15) is 9.59 Å². The molecule has 0 aromatic heterocycles. The summed E-state index contributed by atoms with van der Waals surface area (Å²) in [6, 6.07) is 17.9. The van der Waals surface area contributed by atoms with E-state index in [1.54, 1.807) is 55.7 Å². The zero-order chi connectivity index (χ0) is 28.8. The van der Waals surface area contributed by atoms with E-state index in [-0.39, 0.29) is 24.0 Å². The molecule has 1 aliphatic heterocycles. The maximum absolute atomic E-state index is 13.7. The zero-order valence-corrected chi connectivity index (χ0v) is 25.1. The third-order valence-corrected chi connectivity index (χ3v) is 7.31. The SMILES string of the molecule is CCOc1cc(/C=C2/C(=O)N(c3ccc(OC)cc3)C(=S)N2CC(=O)OC)cc(Br)c1OCc1ccccc1Cl. The van der Waals surface area contributed by atoms with Crippen LogP contribution in [0.25, 0.3) is 6.08 Å². The van der Waals surface area contributed by atoms with Crippen LogP contribution in [0.2, 0.25) is 5.02 Å². The molecule has 0 saturated carbocycles. The van der Waals surface area contributed by atoms with Crippen molar-refractivity contribution in [2.24, 2.45) is 0 Å². The number of hydrogen-bond donors (Lipinski definition) is 0. The predicted molar refractivity (Wildman–Crippen MR) is 161 cm³/mol. The summed E-state index contributed by atoms with van der Waals surface area (Å²) in [7, 11) is 2.84. The molecular weight excluding hydrogens is 620 g/mol. The van der Waals surface area contributed by atoms with E-state index in [0.29, 0.717) is 44.6 Å². The Bertz CT molecular complexity index is 1460. The molecule has 208 valence electrons. The number of anilines is 1. The molecule has 3 aromatic carbocycles. The normalized spacial score (nSPS) is 14.1. The fourth-order valence-electron chi connectivity index (χ4n) is 3.98. The van der Waals surface area contributed by atoms with E-state index in [1.165, 1.54) is 16.9 Å². The molecule has 0 atom stereocenters. The minimum Gasteiger partial charge on any atom is -0.497 e. The second kappa shape index (κ2) is 13.2. The van der Waals surface area contributed by atoms with Crippen LogP contribution < -0.4 is 19.1 Å². The molecule has 0 spiro atoms. The van der Waals surface area contributed by atoms with Crippen molar-refractivity contribution in [2.45, 2.75) is 13.5 Å². The second-order valence-electron chi connectivity index (χ2n) is 8.46. The molecule has 1 amide bonds. The van der Waals surface area contributed by atoms with Crippen LogP contribution in [0.3, 0.4) is 0 Å². The van der Waals surface area contributed by atoms with Crippen LogP contribution in [0.4, 0.5) is 5.69 Å². The number of halogens is 2. The Balaban J connectivity index is 1.71. The van der Waals surface area contributed by atoms with Crippen molar-refractivity contribution in [3.63, 3.8) is 0 Å². The molecular formula is C29H26BrClN2O6S. The van der Waals surface area contributed by atoms with Crippen LogP contribution in [-0.2, 0) is 20.9 Å². The molecule has 1 heterocycles. The standard InChI is InChI=1S/C29H26BrClN2O6S/c1-4-38-25-15-18(13-22(30)27(25)39-17-19-7-5-6-8-23(19)31)14-24-28(35)33(20-9-11-21(36-2)12-10-20)29(40)32(24)16-26(34)37-3/h5-15H,4,16-17H2,1-3H3/b24-14-. The van der Waals surface area contributed by atoms with Crippen molar-refractivity contribution in [3.05, 3.63) is 87.0 Å². The summed E-state index contributed by atoms with van der Waals surface area (Å²) < 4.78 is 22.6. The van der Waals surface area contributed by atoms with Crippen molar-refractivity contribution < 1.29 is 28.5 Å². The predicted octanol–water partition coefficient (Wildman–Crippen LogP) is 6.24. The second-order valence-corrected chi connectivity index (χ2v) is 10.1. The van der Waals surface area contributed by atoms with Crippen LogP contribution in [0.1, 0.15) is 18.1 Å². The maximum Gasteiger partial charge on any atom is 0.325 e. The Kier molecular flexibility index (Phi) is 9.67. The fourth-order valence-corrected chi connectivity index (χ4v) is 5.10. The van der Waals surface area contributed by atoms with Crippen molar-refractivity contribution in [1.29, 1.82) is 0 Å². The van der Waals surface area contributed by atoms with Gasteiger partial charge >= 0.3 is 5.97 Å². The first-order valence-corrected chi connectivity index (χ1v) is 13.8. The van der Waals surface area contributed by atoms with Gasteiger partial charge in [-0.25, -0.2) is 0 Å². The minimum absolute atomic E-state index is 0.149. The zero-order valence-electron chi connectivity index (χ0n) is 22.0. The topological polar surface area (TPSA) is 77.5 Å². The Hall–Kier alpha value is -3.60. The molecule has 1 aliphatic rings. The van der Waals surface area contributed by atoms with Gasteiger partial charge < -0.3 is 23.8 Å². The van der Waals surface area contributed by atoms with Gasteiger partial charge in [-0.3, -0.25) is 14.5 Å². The highest BCUT2D eigenvalue weighted by atomic mass is 79.9. The highest BCUT2D eigenvalue weighted by Gasteiger charge is 2.40. The summed E-state index contributed by atoms with van der Waals surface area (Å²) in [6.45, 7) is 2.24. The van der Waals surface area contributed by atoms with Crippen molar-refractivity contribution in [2.75, 3.05) is 32.3 Å². The lowest BCUT2D eigenvalue weighted by Crippen LogP contribution is -2.35. The van der Waals surface area contributed by atoms with Gasteiger partial charge in [-0.1, -0.05) is 29.8 Å². The van der Waals surface area contributed by atoms with Gasteiger partial charge in [0.15, 0.2) is 16.6 Å². The van der Waals surface area contributed by atoms with E-state index >= 15 is 0 Å². The average Bonchev–Trinajstić information content (AvgIpc) is 3.17. The molecule has 0 unspecified atom stereocenters. The lowest BCUT2D eigenvalue weighted by Gasteiger charge is -2.19. The van der Waals surface area contributed by atoms with E-state index in [4.69, 9.17) is 42.8 Å². The van der Waals surface area contributed by atoms with Gasteiger partial charge in [-0.05, 0) is 89.2 Å². The van der Waals surface area contributed by atoms with Crippen LogP contribution in [0.5, 0.6) is 17.2 Å². The number of hydrogen-bond acceptors (Lipinski definition) is 7. The lowest BCUT2D eigenvalue weighted by molar-refractivity contribution is -0.140. The Morgan fingerprint density at radius 1 is 1.07 bits per heavy atom. The maximum atomic E-state index is 13.7. The average molecular weight is 646 g/mol. The molecule has 11 heteroatoms. The summed E-state index contributed by atoms with van der Waals surface area (Å²) in [5.41, 5.74) is 2.18. The Morgan fingerprint density at radius 2 is 1.80 bits per heavy atom. The van der Waals surface area contributed by atoms with Crippen molar-refractivity contribution in [1.82, 2.24) is 4.90 Å². The summed E-state index contributed by atoms with van der Waals surface area (Å²) in [6.07, 6.45) is 1.65. The van der Waals surface area contributed by atoms with Gasteiger partial charge in [0.05, 0.1) is 31.0 Å². The van der Waals surface area contributed by atoms with Gasteiger partial charge in [-0.2, -0.15) is 0 Å². The summed E-state index contributed by atoms with van der Waals surface area (Å²) in [5.74, 6) is 0.650. The van der Waals surface area contributed by atoms with E-state index < -0.39 is 11.9 Å². The first-order chi connectivity index (χ1) is 19.3. The number of carbonyl (C=O) groups is 2. The monoisotopic (exact) mass is 644 g/mol. The number of nitrogens with zero attached hydrogens (tertiary/aromatic N) is 2. The highest BCUT2D eigenvalue weighted by molar-refractivity contribution is 9.10. The quantitative estimate of drug-likeness (QED) is 0.146. The number of esters is 1. The van der Waals surface area contributed by atoms with Gasteiger partial charge in [0.2, 0.25) is 0 Å². The number of thiocarbonyl (C=S) groups is 1. The first-order valence-electron chi connectivity index (χ1n) is 12.2. The first kappa shape index (κ1) is 29.4. The van der Waals surface area contributed by atoms with Crippen LogP contribution in [0, 0.1) is 0 Å². The Morgan fingerprint density at radius 3 is 2.45 bits per heavy atom. The number of methoxy groups -OCH3 is 2. The van der Waals surface area contributed by atoms with Gasteiger partial charge in [0.25, 0.3) is 5.91 Å². The number of rotatable bonds is 10. The number of carbonyl (C=O) groups excluding carboxylic acids is 2. The molecule has 0 bridgehead atoms. The molecule has 0 aliphatic carbocycles. The molecule has 0 radical (unpaired) electrons. The molecule has 40 heavy (non-hydrogen) atoms. The van der Waals surface area contributed by atoms with Gasteiger partial charge in [-0.15, -0.1) is 0 Å². The largest absolute Gasteiger partial charge is 0.497 e. The van der Waals surface area contributed by atoms with E-state index in [2.05, 4.69) is 15.9 Å². The number of amides is 1. The van der Waals surface area contributed by atoms with Crippen LogP contribution in [-0.4, -0.2) is 49.3 Å².